The second-order valence-corrected chi connectivity index (χ2v) is 4.30. The predicted octanol–water partition coefficient (Wildman–Crippen LogP) is 1.09. The summed E-state index contributed by atoms with van der Waals surface area (Å²) in [5.41, 5.74) is 1.38. The second kappa shape index (κ2) is 10.4. The van der Waals surface area contributed by atoms with Gasteiger partial charge in [-0.15, -0.1) is 0 Å². The molecule has 0 unspecified atom stereocenters. The first-order valence-corrected chi connectivity index (χ1v) is 6.41. The number of rotatable bonds is 7. The molecule has 0 spiro atoms. The van der Waals surface area contributed by atoms with Gasteiger partial charge in [-0.3, -0.25) is 0 Å². The molecule has 1 aromatic rings. The summed E-state index contributed by atoms with van der Waals surface area (Å²) in [5.74, 6) is -1.45. The van der Waals surface area contributed by atoms with Crippen molar-refractivity contribution in [1.82, 2.24) is 5.32 Å². The average Bonchev–Trinajstić information content (AvgIpc) is 2.39. The Bertz CT molecular complexity index is 488. The first kappa shape index (κ1) is 19.7. The number of ether oxygens (including phenoxy) is 1. The van der Waals surface area contributed by atoms with E-state index < -0.39 is 18.0 Å². The molecule has 5 nitrogen and oxygen atoms in total. The van der Waals surface area contributed by atoms with Crippen molar-refractivity contribution < 1.29 is 19.4 Å². The Morgan fingerprint density at radius 2 is 1.95 bits per heavy atom. The maximum absolute atomic E-state index is 11.3. The zero-order chi connectivity index (χ0) is 15.0. The van der Waals surface area contributed by atoms with Crippen LogP contribution in [0.15, 0.2) is 42.1 Å². The molecule has 21 heavy (non-hydrogen) atoms. The van der Waals surface area contributed by atoms with Gasteiger partial charge in [-0.25, -0.2) is 9.59 Å². The molecule has 110 valence electrons. The fourth-order valence-corrected chi connectivity index (χ4v) is 1.73. The van der Waals surface area contributed by atoms with Crippen LogP contribution in [0.25, 0.3) is 0 Å². The first-order chi connectivity index (χ1) is 9.52. The molecule has 0 aromatic heterocycles. The van der Waals surface area contributed by atoms with E-state index in [1.54, 1.807) is 13.8 Å². The van der Waals surface area contributed by atoms with E-state index >= 15 is 0 Å². The van der Waals surface area contributed by atoms with E-state index in [4.69, 9.17) is 4.74 Å². The number of nitrogens with one attached hydrogen (secondary N) is 1. The maximum atomic E-state index is 11.3. The van der Waals surface area contributed by atoms with Crippen molar-refractivity contribution >= 4 is 41.5 Å². The van der Waals surface area contributed by atoms with E-state index in [1.165, 1.54) is 6.08 Å². The molecule has 0 aliphatic carbocycles. The van der Waals surface area contributed by atoms with Gasteiger partial charge in [0, 0.05) is 18.2 Å². The Hall–Kier alpha value is -1.30. The van der Waals surface area contributed by atoms with Crippen molar-refractivity contribution in [2.24, 2.45) is 0 Å². The van der Waals surface area contributed by atoms with Gasteiger partial charge in [0.25, 0.3) is 0 Å². The van der Waals surface area contributed by atoms with Crippen LogP contribution >= 0.6 is 0 Å². The molecule has 1 atom stereocenters. The summed E-state index contributed by atoms with van der Waals surface area (Å²) in [4.78, 5) is 22.5. The minimum absolute atomic E-state index is 0. The summed E-state index contributed by atoms with van der Waals surface area (Å²) in [6.07, 6.45) is 1.59. The van der Waals surface area contributed by atoms with Crippen molar-refractivity contribution in [3.63, 3.8) is 0 Å². The Morgan fingerprint density at radius 3 is 2.48 bits per heavy atom. The summed E-state index contributed by atoms with van der Waals surface area (Å²) in [6.45, 7) is 3.64. The Morgan fingerprint density at radius 1 is 1.33 bits per heavy atom. The van der Waals surface area contributed by atoms with Gasteiger partial charge in [0.1, 0.15) is 6.04 Å². The number of esters is 1. The van der Waals surface area contributed by atoms with E-state index in [2.05, 4.69) is 5.32 Å². The summed E-state index contributed by atoms with van der Waals surface area (Å²) < 4.78 is 4.77. The number of hydrogen-bond acceptors (Lipinski definition) is 4. The van der Waals surface area contributed by atoms with E-state index in [0.717, 1.165) is 5.56 Å². The van der Waals surface area contributed by atoms with Crippen molar-refractivity contribution in [2.75, 3.05) is 6.61 Å². The molecule has 1 rings (SSSR count). The molecule has 0 radical (unpaired) electrons. The standard InChI is InChI=1S/C15H19NO4.Na.H/c1-3-20-14(17)9-11(2)16-13(15(18)19)10-12-7-5-4-6-8-12;;/h4-9,13,16H,3,10H2,1-2H3,(H,18,19);;/t13-;;/m0../s1. The van der Waals surface area contributed by atoms with Gasteiger partial charge in [0.05, 0.1) is 6.61 Å². The molecule has 2 N–H and O–H groups in total. The van der Waals surface area contributed by atoms with Crippen LogP contribution in [-0.4, -0.2) is 59.3 Å². The normalized spacial score (nSPS) is 12.0. The molecule has 0 amide bonds. The fourth-order valence-electron chi connectivity index (χ4n) is 1.73. The Labute approximate surface area is 146 Å². The van der Waals surface area contributed by atoms with Gasteiger partial charge in [-0.1, -0.05) is 30.3 Å². The van der Waals surface area contributed by atoms with Gasteiger partial charge < -0.3 is 15.2 Å². The summed E-state index contributed by atoms with van der Waals surface area (Å²) >= 11 is 0. The minimum atomic E-state index is -0.967. The number of aliphatic carboxylic acids is 1. The van der Waals surface area contributed by atoms with E-state index in [-0.39, 0.29) is 36.2 Å². The Kier molecular flexibility index (Phi) is 9.78. The average molecular weight is 301 g/mol. The Balaban J connectivity index is 0.00000400. The van der Waals surface area contributed by atoms with E-state index in [9.17, 15) is 14.7 Å². The van der Waals surface area contributed by atoms with Gasteiger partial charge in [-0.05, 0) is 19.4 Å². The van der Waals surface area contributed by atoms with E-state index in [0.29, 0.717) is 12.1 Å². The monoisotopic (exact) mass is 301 g/mol. The van der Waals surface area contributed by atoms with Crippen molar-refractivity contribution in [3.05, 3.63) is 47.7 Å². The topological polar surface area (TPSA) is 75.6 Å². The van der Waals surface area contributed by atoms with Gasteiger partial charge in [0.2, 0.25) is 0 Å². The van der Waals surface area contributed by atoms with Crippen LogP contribution in [0.1, 0.15) is 19.4 Å². The van der Waals surface area contributed by atoms with Crippen LogP contribution in [0.4, 0.5) is 0 Å². The van der Waals surface area contributed by atoms with Crippen molar-refractivity contribution in [2.45, 2.75) is 26.3 Å². The molecule has 0 bridgehead atoms. The van der Waals surface area contributed by atoms with Crippen molar-refractivity contribution in [1.29, 1.82) is 0 Å². The summed E-state index contributed by atoms with van der Waals surface area (Å²) in [6, 6.07) is 8.52. The molecular formula is C15H20NNaO4. The summed E-state index contributed by atoms with van der Waals surface area (Å²) in [5, 5.41) is 12.0. The van der Waals surface area contributed by atoms with Crippen LogP contribution < -0.4 is 5.32 Å². The number of carboxylic acid groups (broad SMARTS) is 1. The van der Waals surface area contributed by atoms with Crippen LogP contribution in [0.2, 0.25) is 0 Å². The first-order valence-electron chi connectivity index (χ1n) is 6.41. The SMILES string of the molecule is CCOC(=O)C=C(C)N[C@@H](Cc1ccccc1)C(=O)O.[NaH]. The molecular weight excluding hydrogens is 281 g/mol. The number of benzene rings is 1. The third kappa shape index (κ3) is 7.90. The zero-order valence-corrected chi connectivity index (χ0v) is 11.6. The van der Waals surface area contributed by atoms with Crippen molar-refractivity contribution in [3.8, 4) is 0 Å². The molecule has 0 aliphatic rings. The van der Waals surface area contributed by atoms with Crippen LogP contribution in [0.3, 0.4) is 0 Å². The zero-order valence-electron chi connectivity index (χ0n) is 11.6. The second-order valence-electron chi connectivity index (χ2n) is 4.30. The predicted molar refractivity (Wildman–Crippen MR) is 82.2 cm³/mol. The molecule has 0 saturated heterocycles. The molecule has 6 heteroatoms. The number of hydrogen-bond donors (Lipinski definition) is 2. The number of carbonyl (C=O) groups excluding carboxylic acids is 1. The molecule has 0 heterocycles. The van der Waals surface area contributed by atoms with Crippen LogP contribution in [0, 0.1) is 0 Å². The molecule has 1 aromatic carbocycles. The number of allylic oxidation sites excluding steroid dienone is 1. The molecule has 0 fully saturated rings. The quantitative estimate of drug-likeness (QED) is 0.448. The van der Waals surface area contributed by atoms with Crippen LogP contribution in [0.5, 0.6) is 0 Å². The number of carboxylic acids is 1. The summed E-state index contributed by atoms with van der Waals surface area (Å²) in [7, 11) is 0. The fraction of sp³-hybridized carbons (Fsp3) is 0.333. The van der Waals surface area contributed by atoms with E-state index in [1.807, 2.05) is 30.3 Å². The third-order valence-electron chi connectivity index (χ3n) is 2.60. The molecule has 0 saturated carbocycles. The number of carbonyl (C=O) groups is 2. The van der Waals surface area contributed by atoms with Crippen LogP contribution in [-0.2, 0) is 20.7 Å². The molecule has 0 aliphatic heterocycles. The third-order valence-corrected chi connectivity index (χ3v) is 2.60. The van der Waals surface area contributed by atoms with Gasteiger partial charge >= 0.3 is 41.5 Å². The van der Waals surface area contributed by atoms with Gasteiger partial charge in [-0.2, -0.15) is 0 Å². The van der Waals surface area contributed by atoms with Gasteiger partial charge in [0.15, 0.2) is 0 Å².